The summed E-state index contributed by atoms with van der Waals surface area (Å²) in [7, 11) is 1.58. The third kappa shape index (κ3) is 3.34. The molecule has 0 heterocycles. The number of phenolic OH excluding ortho intramolecular Hbond substituents is 1. The molecule has 1 N–H and O–H groups in total. The van der Waals surface area contributed by atoms with Gasteiger partial charge < -0.3 is 14.6 Å². The van der Waals surface area contributed by atoms with Crippen molar-refractivity contribution in [3.8, 4) is 5.75 Å². The Morgan fingerprint density at radius 3 is 2.85 bits per heavy atom. The predicted molar refractivity (Wildman–Crippen MR) is 52.5 cm³/mol. The Balaban J connectivity index is 2.53. The second kappa shape index (κ2) is 5.21. The van der Waals surface area contributed by atoms with Crippen molar-refractivity contribution >= 4 is 15.9 Å². The number of halogens is 1. The van der Waals surface area contributed by atoms with Gasteiger partial charge in [-0.05, 0) is 33.6 Å². The van der Waals surface area contributed by atoms with Crippen LogP contribution >= 0.6 is 15.9 Å². The van der Waals surface area contributed by atoms with E-state index in [1.54, 1.807) is 19.2 Å². The van der Waals surface area contributed by atoms with Gasteiger partial charge in [0.05, 0.1) is 11.1 Å². The van der Waals surface area contributed by atoms with E-state index in [4.69, 9.17) is 9.47 Å². The molecule has 0 aliphatic carbocycles. The zero-order valence-corrected chi connectivity index (χ0v) is 8.87. The van der Waals surface area contributed by atoms with Gasteiger partial charge in [0.2, 0.25) is 0 Å². The monoisotopic (exact) mass is 246 g/mol. The van der Waals surface area contributed by atoms with Crippen LogP contribution < -0.4 is 0 Å². The van der Waals surface area contributed by atoms with Crippen molar-refractivity contribution in [2.24, 2.45) is 0 Å². The molecular formula is C9H11BrO3. The number of hydrogen-bond donors (Lipinski definition) is 1. The van der Waals surface area contributed by atoms with Gasteiger partial charge in [-0.1, -0.05) is 6.07 Å². The van der Waals surface area contributed by atoms with E-state index < -0.39 is 0 Å². The Bertz CT molecular complexity index is 276. The molecule has 0 aromatic heterocycles. The number of benzene rings is 1. The maximum absolute atomic E-state index is 9.20. The summed E-state index contributed by atoms with van der Waals surface area (Å²) in [5.74, 6) is 0.232. The Morgan fingerprint density at radius 1 is 1.46 bits per heavy atom. The van der Waals surface area contributed by atoms with Crippen LogP contribution in [0.3, 0.4) is 0 Å². The summed E-state index contributed by atoms with van der Waals surface area (Å²) in [6.45, 7) is 0.755. The molecule has 0 fully saturated rings. The van der Waals surface area contributed by atoms with E-state index in [1.165, 1.54) is 0 Å². The summed E-state index contributed by atoms with van der Waals surface area (Å²) < 4.78 is 10.5. The van der Waals surface area contributed by atoms with E-state index >= 15 is 0 Å². The summed E-state index contributed by atoms with van der Waals surface area (Å²) in [6, 6.07) is 5.23. The molecule has 1 aromatic rings. The topological polar surface area (TPSA) is 38.7 Å². The highest BCUT2D eigenvalue weighted by atomic mass is 79.9. The van der Waals surface area contributed by atoms with Crippen molar-refractivity contribution in [2.75, 3.05) is 13.9 Å². The molecule has 72 valence electrons. The van der Waals surface area contributed by atoms with Crippen molar-refractivity contribution in [1.82, 2.24) is 0 Å². The molecule has 0 aliphatic heterocycles. The lowest BCUT2D eigenvalue weighted by molar-refractivity contribution is -0.0390. The minimum atomic E-state index is 0.232. The predicted octanol–water partition coefficient (Wildman–Crippen LogP) is 2.28. The average Bonchev–Trinajstić information content (AvgIpc) is 2.12. The number of methoxy groups -OCH3 is 1. The molecule has 0 saturated heterocycles. The van der Waals surface area contributed by atoms with Gasteiger partial charge in [-0.3, -0.25) is 0 Å². The van der Waals surface area contributed by atoms with Crippen LogP contribution in [0.4, 0.5) is 0 Å². The molecule has 1 aromatic carbocycles. The molecule has 0 saturated carbocycles. The number of hydrogen-bond acceptors (Lipinski definition) is 3. The maximum Gasteiger partial charge on any atom is 0.146 e. The van der Waals surface area contributed by atoms with E-state index in [0.717, 1.165) is 5.56 Å². The SMILES string of the molecule is COCOCc1ccc(O)c(Br)c1. The molecule has 0 spiro atoms. The molecule has 0 amide bonds. The van der Waals surface area contributed by atoms with Crippen molar-refractivity contribution in [2.45, 2.75) is 6.61 Å². The normalized spacial score (nSPS) is 10.3. The van der Waals surface area contributed by atoms with Crippen molar-refractivity contribution in [1.29, 1.82) is 0 Å². The quantitative estimate of drug-likeness (QED) is 0.655. The minimum Gasteiger partial charge on any atom is -0.507 e. The smallest absolute Gasteiger partial charge is 0.146 e. The standard InChI is InChI=1S/C9H11BrO3/c1-12-6-13-5-7-2-3-9(11)8(10)4-7/h2-4,11H,5-6H2,1H3. The molecule has 3 nitrogen and oxygen atoms in total. The summed E-state index contributed by atoms with van der Waals surface area (Å²) in [5, 5.41) is 9.20. The first-order chi connectivity index (χ1) is 6.24. The Kier molecular flexibility index (Phi) is 4.21. The van der Waals surface area contributed by atoms with E-state index in [9.17, 15) is 5.11 Å². The fourth-order valence-electron chi connectivity index (χ4n) is 0.883. The van der Waals surface area contributed by atoms with Crippen molar-refractivity contribution in [3.63, 3.8) is 0 Å². The van der Waals surface area contributed by atoms with Gasteiger partial charge in [0.15, 0.2) is 0 Å². The Morgan fingerprint density at radius 2 is 2.23 bits per heavy atom. The minimum absolute atomic E-state index is 0.232. The summed E-state index contributed by atoms with van der Waals surface area (Å²) in [6.07, 6.45) is 0. The molecule has 0 atom stereocenters. The fourth-order valence-corrected chi connectivity index (χ4v) is 1.31. The van der Waals surface area contributed by atoms with E-state index in [0.29, 0.717) is 11.1 Å². The summed E-state index contributed by atoms with van der Waals surface area (Å²) in [4.78, 5) is 0. The van der Waals surface area contributed by atoms with Gasteiger partial charge in [-0.25, -0.2) is 0 Å². The molecular weight excluding hydrogens is 236 g/mol. The summed E-state index contributed by atoms with van der Waals surface area (Å²) in [5.41, 5.74) is 0.988. The third-order valence-corrected chi connectivity index (χ3v) is 2.12. The molecule has 0 radical (unpaired) electrons. The molecule has 0 bridgehead atoms. The first-order valence-corrected chi connectivity index (χ1v) is 4.57. The molecule has 0 unspecified atom stereocenters. The van der Waals surface area contributed by atoms with Crippen LogP contribution in [0.25, 0.3) is 0 Å². The highest BCUT2D eigenvalue weighted by Crippen LogP contribution is 2.24. The van der Waals surface area contributed by atoms with Gasteiger partial charge in [0.25, 0.3) is 0 Å². The number of ether oxygens (including phenoxy) is 2. The van der Waals surface area contributed by atoms with Crippen LogP contribution in [0.1, 0.15) is 5.56 Å². The van der Waals surface area contributed by atoms with Crippen LogP contribution in [0.15, 0.2) is 22.7 Å². The van der Waals surface area contributed by atoms with Crippen molar-refractivity contribution in [3.05, 3.63) is 28.2 Å². The number of aromatic hydroxyl groups is 1. The Hall–Kier alpha value is -0.580. The van der Waals surface area contributed by atoms with Gasteiger partial charge in [0, 0.05) is 7.11 Å². The molecule has 4 heteroatoms. The zero-order chi connectivity index (χ0) is 9.68. The second-order valence-electron chi connectivity index (χ2n) is 2.54. The Labute approximate surface area is 85.4 Å². The van der Waals surface area contributed by atoms with Crippen LogP contribution in [0.5, 0.6) is 5.75 Å². The largest absolute Gasteiger partial charge is 0.507 e. The molecule has 0 aliphatic rings. The highest BCUT2D eigenvalue weighted by molar-refractivity contribution is 9.10. The van der Waals surface area contributed by atoms with Crippen LogP contribution in [-0.2, 0) is 16.1 Å². The van der Waals surface area contributed by atoms with Crippen LogP contribution in [0.2, 0.25) is 0 Å². The van der Waals surface area contributed by atoms with Gasteiger partial charge in [0.1, 0.15) is 12.5 Å². The van der Waals surface area contributed by atoms with Crippen LogP contribution in [0, 0.1) is 0 Å². The molecule has 1 rings (SSSR count). The third-order valence-electron chi connectivity index (χ3n) is 1.48. The maximum atomic E-state index is 9.20. The van der Waals surface area contributed by atoms with Crippen LogP contribution in [-0.4, -0.2) is 19.0 Å². The first-order valence-electron chi connectivity index (χ1n) is 3.78. The van der Waals surface area contributed by atoms with Gasteiger partial charge >= 0.3 is 0 Å². The second-order valence-corrected chi connectivity index (χ2v) is 3.40. The molecule has 13 heavy (non-hydrogen) atoms. The number of rotatable bonds is 4. The van der Waals surface area contributed by atoms with Crippen molar-refractivity contribution < 1.29 is 14.6 Å². The fraction of sp³-hybridized carbons (Fsp3) is 0.333. The van der Waals surface area contributed by atoms with E-state index in [2.05, 4.69) is 15.9 Å². The van der Waals surface area contributed by atoms with E-state index in [-0.39, 0.29) is 12.5 Å². The summed E-state index contributed by atoms with van der Waals surface area (Å²) >= 11 is 3.22. The lowest BCUT2D eigenvalue weighted by Gasteiger charge is -2.04. The van der Waals surface area contributed by atoms with Gasteiger partial charge in [-0.2, -0.15) is 0 Å². The first kappa shape index (κ1) is 10.5. The lowest BCUT2D eigenvalue weighted by Crippen LogP contribution is -1.96. The lowest BCUT2D eigenvalue weighted by atomic mass is 10.2. The van der Waals surface area contributed by atoms with E-state index in [1.807, 2.05) is 6.07 Å². The zero-order valence-electron chi connectivity index (χ0n) is 7.29. The highest BCUT2D eigenvalue weighted by Gasteiger charge is 1.99. The average molecular weight is 247 g/mol. The number of phenols is 1. The van der Waals surface area contributed by atoms with Gasteiger partial charge in [-0.15, -0.1) is 0 Å².